The Hall–Kier alpha value is -3.13. The van der Waals surface area contributed by atoms with E-state index in [1.54, 1.807) is 37.3 Å². The van der Waals surface area contributed by atoms with Crippen LogP contribution in [-0.4, -0.2) is 47.9 Å². The van der Waals surface area contributed by atoms with Gasteiger partial charge < -0.3 is 24.6 Å². The third kappa shape index (κ3) is 5.18. The maximum Gasteiger partial charge on any atom is 0.341 e. The molecule has 1 aliphatic heterocycles. The molecule has 1 amide bonds. The van der Waals surface area contributed by atoms with Gasteiger partial charge in [-0.05, 0) is 36.8 Å². The predicted molar refractivity (Wildman–Crippen MR) is 96.4 cm³/mol. The number of carbonyl (C=O) groups is 2. The third-order valence-electron chi connectivity index (χ3n) is 3.98. The van der Waals surface area contributed by atoms with Gasteiger partial charge in [0.1, 0.15) is 11.9 Å². The molecule has 27 heavy (non-hydrogen) atoms. The number of aryl methyl sites for hydroxylation is 1. The van der Waals surface area contributed by atoms with E-state index in [4.69, 9.17) is 19.3 Å². The standard InChI is InChI=1S/C19H20N2O6/c1-12-8-14(26-11-18(22)23)2-3-16(12)21-19(24)13-4-6-20-17(9-13)27-15-5-7-25-10-15/h2-4,6,8-9,15H,5,7,10-11H2,1H3,(H,21,24)(H,22,23). The van der Waals surface area contributed by atoms with E-state index in [0.717, 1.165) is 12.0 Å². The maximum absolute atomic E-state index is 12.5. The van der Waals surface area contributed by atoms with Gasteiger partial charge in [0.25, 0.3) is 5.91 Å². The number of nitrogens with one attached hydrogen (secondary N) is 1. The lowest BCUT2D eigenvalue weighted by Crippen LogP contribution is -2.17. The fraction of sp³-hybridized carbons (Fsp3) is 0.316. The summed E-state index contributed by atoms with van der Waals surface area (Å²) in [5.74, 6) is -0.546. The molecule has 0 saturated carbocycles. The zero-order valence-electron chi connectivity index (χ0n) is 14.8. The van der Waals surface area contributed by atoms with Gasteiger partial charge >= 0.3 is 5.97 Å². The molecular formula is C19H20N2O6. The number of hydrogen-bond donors (Lipinski definition) is 2. The van der Waals surface area contributed by atoms with Crippen LogP contribution in [0.15, 0.2) is 36.5 Å². The van der Waals surface area contributed by atoms with Gasteiger partial charge in [0.05, 0.1) is 13.2 Å². The molecule has 1 aliphatic rings. The summed E-state index contributed by atoms with van der Waals surface area (Å²) in [6, 6.07) is 8.13. The molecule has 2 heterocycles. The lowest BCUT2D eigenvalue weighted by molar-refractivity contribution is -0.139. The molecule has 1 aromatic carbocycles. The van der Waals surface area contributed by atoms with Crippen LogP contribution in [0.3, 0.4) is 0 Å². The topological polar surface area (TPSA) is 107 Å². The zero-order valence-corrected chi connectivity index (χ0v) is 14.8. The number of aliphatic carboxylic acids is 1. The Bertz CT molecular complexity index is 833. The van der Waals surface area contributed by atoms with Gasteiger partial charge in [0.15, 0.2) is 6.61 Å². The minimum Gasteiger partial charge on any atom is -0.482 e. The van der Waals surface area contributed by atoms with E-state index in [-0.39, 0.29) is 12.0 Å². The number of ether oxygens (including phenoxy) is 3. The molecule has 2 aromatic rings. The van der Waals surface area contributed by atoms with Crippen molar-refractivity contribution in [1.82, 2.24) is 4.98 Å². The van der Waals surface area contributed by atoms with E-state index in [0.29, 0.717) is 36.1 Å². The number of carbonyl (C=O) groups excluding carboxylic acids is 1. The van der Waals surface area contributed by atoms with Gasteiger partial charge in [-0.3, -0.25) is 4.79 Å². The molecule has 142 valence electrons. The molecule has 1 fully saturated rings. The first-order chi connectivity index (χ1) is 13.0. The smallest absolute Gasteiger partial charge is 0.341 e. The van der Waals surface area contributed by atoms with Crippen LogP contribution in [0.25, 0.3) is 0 Å². The molecule has 0 aliphatic carbocycles. The van der Waals surface area contributed by atoms with Crippen molar-refractivity contribution in [2.24, 2.45) is 0 Å². The van der Waals surface area contributed by atoms with Gasteiger partial charge in [-0.2, -0.15) is 0 Å². The molecule has 1 unspecified atom stereocenters. The van der Waals surface area contributed by atoms with Crippen molar-refractivity contribution in [2.45, 2.75) is 19.4 Å². The fourth-order valence-corrected chi connectivity index (χ4v) is 2.60. The monoisotopic (exact) mass is 372 g/mol. The van der Waals surface area contributed by atoms with Gasteiger partial charge in [0, 0.05) is 29.9 Å². The lowest BCUT2D eigenvalue weighted by atomic mass is 10.1. The Morgan fingerprint density at radius 3 is 2.89 bits per heavy atom. The van der Waals surface area contributed by atoms with Gasteiger partial charge in [0.2, 0.25) is 5.88 Å². The van der Waals surface area contributed by atoms with Crippen molar-refractivity contribution in [3.63, 3.8) is 0 Å². The number of pyridine rings is 1. The molecule has 0 spiro atoms. The first-order valence-corrected chi connectivity index (χ1v) is 8.48. The molecule has 8 heteroatoms. The number of carboxylic acids is 1. The molecule has 1 saturated heterocycles. The van der Waals surface area contributed by atoms with Crippen molar-refractivity contribution in [2.75, 3.05) is 25.1 Å². The van der Waals surface area contributed by atoms with Gasteiger partial charge in [-0.15, -0.1) is 0 Å². The minimum atomic E-state index is -1.05. The Kier molecular flexibility index (Phi) is 5.87. The highest BCUT2D eigenvalue weighted by atomic mass is 16.5. The highest BCUT2D eigenvalue weighted by Crippen LogP contribution is 2.23. The molecular weight excluding hydrogens is 352 g/mol. The number of carboxylic acid groups (broad SMARTS) is 1. The van der Waals surface area contributed by atoms with Crippen LogP contribution >= 0.6 is 0 Å². The van der Waals surface area contributed by atoms with Gasteiger partial charge in [-0.1, -0.05) is 0 Å². The molecule has 0 bridgehead atoms. The van der Waals surface area contributed by atoms with E-state index in [1.807, 2.05) is 0 Å². The van der Waals surface area contributed by atoms with Crippen LogP contribution in [0, 0.1) is 6.92 Å². The molecule has 3 rings (SSSR count). The Labute approximate surface area is 156 Å². The van der Waals surface area contributed by atoms with Crippen molar-refractivity contribution >= 4 is 17.6 Å². The van der Waals surface area contributed by atoms with E-state index in [2.05, 4.69) is 10.3 Å². The Morgan fingerprint density at radius 1 is 1.33 bits per heavy atom. The summed E-state index contributed by atoms with van der Waals surface area (Å²) in [6.07, 6.45) is 2.28. The second kappa shape index (κ2) is 8.50. The first kappa shape index (κ1) is 18.7. The molecule has 0 radical (unpaired) electrons. The van der Waals surface area contributed by atoms with E-state index in [1.165, 1.54) is 6.20 Å². The molecule has 1 atom stereocenters. The van der Waals surface area contributed by atoms with Crippen molar-refractivity contribution in [3.8, 4) is 11.6 Å². The summed E-state index contributed by atoms with van der Waals surface area (Å²) < 4.78 is 16.1. The third-order valence-corrected chi connectivity index (χ3v) is 3.98. The first-order valence-electron chi connectivity index (χ1n) is 8.48. The normalized spacial score (nSPS) is 16.0. The van der Waals surface area contributed by atoms with Crippen molar-refractivity contribution < 1.29 is 28.9 Å². The molecule has 2 N–H and O–H groups in total. The maximum atomic E-state index is 12.5. The molecule has 8 nitrogen and oxygen atoms in total. The summed E-state index contributed by atoms with van der Waals surface area (Å²) in [7, 11) is 0. The summed E-state index contributed by atoms with van der Waals surface area (Å²) in [4.78, 5) is 27.2. The number of benzene rings is 1. The number of amides is 1. The number of hydrogen-bond acceptors (Lipinski definition) is 6. The Morgan fingerprint density at radius 2 is 2.19 bits per heavy atom. The molecule has 1 aromatic heterocycles. The minimum absolute atomic E-state index is 0.0450. The van der Waals surface area contributed by atoms with E-state index < -0.39 is 12.6 Å². The number of nitrogens with zero attached hydrogens (tertiary/aromatic N) is 1. The quantitative estimate of drug-likeness (QED) is 0.768. The van der Waals surface area contributed by atoms with Crippen molar-refractivity contribution in [1.29, 1.82) is 0 Å². The van der Waals surface area contributed by atoms with Crippen LogP contribution in [0.1, 0.15) is 22.3 Å². The predicted octanol–water partition coefficient (Wildman–Crippen LogP) is 2.27. The summed E-state index contributed by atoms with van der Waals surface area (Å²) in [5.41, 5.74) is 1.77. The van der Waals surface area contributed by atoms with Crippen LogP contribution < -0.4 is 14.8 Å². The van der Waals surface area contributed by atoms with Crippen LogP contribution in [0.5, 0.6) is 11.6 Å². The zero-order chi connectivity index (χ0) is 19.2. The van der Waals surface area contributed by atoms with Crippen LogP contribution in [0.4, 0.5) is 5.69 Å². The largest absolute Gasteiger partial charge is 0.482 e. The van der Waals surface area contributed by atoms with Crippen LogP contribution in [0.2, 0.25) is 0 Å². The average Bonchev–Trinajstić information content (AvgIpc) is 3.15. The fourth-order valence-electron chi connectivity index (χ4n) is 2.60. The van der Waals surface area contributed by atoms with Crippen molar-refractivity contribution in [3.05, 3.63) is 47.7 Å². The van der Waals surface area contributed by atoms with Gasteiger partial charge in [-0.25, -0.2) is 9.78 Å². The van der Waals surface area contributed by atoms with Crippen LogP contribution in [-0.2, 0) is 9.53 Å². The van der Waals surface area contributed by atoms with E-state index >= 15 is 0 Å². The number of anilines is 1. The Balaban J connectivity index is 1.65. The second-order valence-corrected chi connectivity index (χ2v) is 6.10. The second-order valence-electron chi connectivity index (χ2n) is 6.10. The summed E-state index contributed by atoms with van der Waals surface area (Å²) in [5, 5.41) is 11.5. The summed E-state index contributed by atoms with van der Waals surface area (Å²) in [6.45, 7) is 2.56. The highest BCUT2D eigenvalue weighted by Gasteiger charge is 2.18. The number of aromatic nitrogens is 1. The average molecular weight is 372 g/mol. The SMILES string of the molecule is Cc1cc(OCC(=O)O)ccc1NC(=O)c1ccnc(OC2CCOC2)c1. The number of rotatable bonds is 7. The van der Waals surface area contributed by atoms with E-state index in [9.17, 15) is 9.59 Å². The highest BCUT2D eigenvalue weighted by molar-refractivity contribution is 6.04. The summed E-state index contributed by atoms with van der Waals surface area (Å²) >= 11 is 0. The lowest BCUT2D eigenvalue weighted by Gasteiger charge is -2.13.